The maximum atomic E-state index is 13.7. The van der Waals surface area contributed by atoms with Crippen LogP contribution in [0.4, 0.5) is 4.39 Å². The second-order valence-electron chi connectivity index (χ2n) is 8.90. The van der Waals surface area contributed by atoms with Crippen LogP contribution in [-0.2, 0) is 29.1 Å². The Hall–Kier alpha value is -3.67. The lowest BCUT2D eigenvalue weighted by Crippen LogP contribution is -2.43. The van der Waals surface area contributed by atoms with Gasteiger partial charge in [0.05, 0.1) is 0 Å². The molecule has 0 saturated heterocycles. The molecular weight excluding hydrogens is 522 g/mol. The minimum Gasteiger partial charge on any atom is -0.350 e. The topological polar surface area (TPSA) is 49.4 Å². The van der Waals surface area contributed by atoms with E-state index < -0.39 is 6.04 Å². The van der Waals surface area contributed by atoms with E-state index in [1.54, 1.807) is 35.2 Å². The van der Waals surface area contributed by atoms with Crippen LogP contribution in [0.3, 0.4) is 0 Å². The number of rotatable bonds is 10. The normalized spacial score (nSPS) is 11.6. The third-order valence-corrected chi connectivity index (χ3v) is 6.79. The number of hydrogen-bond donors (Lipinski definition) is 1. The Balaban J connectivity index is 1.63. The second kappa shape index (κ2) is 13.2. The lowest BCUT2D eigenvalue weighted by molar-refractivity contribution is -0.141. The van der Waals surface area contributed by atoms with Crippen LogP contribution in [0.1, 0.15) is 34.7 Å². The van der Waals surface area contributed by atoms with Crippen LogP contribution in [0.25, 0.3) is 0 Å². The summed E-state index contributed by atoms with van der Waals surface area (Å²) in [6.07, 6.45) is 0.744. The maximum Gasteiger partial charge on any atom is 0.247 e. The van der Waals surface area contributed by atoms with Gasteiger partial charge in [-0.3, -0.25) is 9.59 Å². The summed E-state index contributed by atoms with van der Waals surface area (Å²) in [5, 5.41) is 3.88. The highest BCUT2D eigenvalue weighted by atomic mass is 35.5. The van der Waals surface area contributed by atoms with Crippen LogP contribution in [0.2, 0.25) is 10.0 Å². The molecule has 4 aromatic carbocycles. The van der Waals surface area contributed by atoms with E-state index in [4.69, 9.17) is 23.2 Å². The van der Waals surface area contributed by atoms with Gasteiger partial charge >= 0.3 is 0 Å². The summed E-state index contributed by atoms with van der Waals surface area (Å²) >= 11 is 12.3. The van der Waals surface area contributed by atoms with Gasteiger partial charge < -0.3 is 10.2 Å². The number of carbonyl (C=O) groups excluding carboxylic acids is 2. The Bertz CT molecular complexity index is 1370. The van der Waals surface area contributed by atoms with E-state index in [0.717, 1.165) is 5.56 Å². The van der Waals surface area contributed by atoms with Gasteiger partial charge in [0.25, 0.3) is 0 Å². The van der Waals surface area contributed by atoms with Gasteiger partial charge in [-0.2, -0.15) is 0 Å². The molecule has 0 radical (unpaired) electrons. The van der Waals surface area contributed by atoms with Crippen LogP contribution in [0.5, 0.6) is 0 Å². The van der Waals surface area contributed by atoms with Gasteiger partial charge in [0.1, 0.15) is 11.9 Å². The molecule has 0 heterocycles. The Kier molecular flexibility index (Phi) is 9.52. The fourth-order valence-corrected chi connectivity index (χ4v) is 4.68. The molecule has 0 aromatic heterocycles. The Morgan fingerprint density at radius 2 is 1.47 bits per heavy atom. The minimum atomic E-state index is -0.907. The number of halogens is 3. The number of hydrogen-bond acceptors (Lipinski definition) is 2. The van der Waals surface area contributed by atoms with Gasteiger partial charge in [-0.25, -0.2) is 4.39 Å². The summed E-state index contributed by atoms with van der Waals surface area (Å²) in [5.41, 5.74) is 3.12. The van der Waals surface area contributed by atoms with Crippen molar-refractivity contribution in [2.75, 3.05) is 0 Å². The fraction of sp³-hybridized carbons (Fsp3) is 0.161. The van der Waals surface area contributed by atoms with Crippen LogP contribution < -0.4 is 5.32 Å². The highest BCUT2D eigenvalue weighted by molar-refractivity contribution is 6.35. The molecule has 0 unspecified atom stereocenters. The third kappa shape index (κ3) is 7.44. The molecule has 1 atom stereocenters. The molecule has 7 heteroatoms. The number of nitrogens with zero attached hydrogens (tertiary/aromatic N) is 1. The number of amides is 2. The lowest BCUT2D eigenvalue weighted by Gasteiger charge is -2.32. The van der Waals surface area contributed by atoms with Crippen molar-refractivity contribution in [3.8, 4) is 0 Å². The molecule has 0 bridgehead atoms. The molecule has 38 heavy (non-hydrogen) atoms. The van der Waals surface area contributed by atoms with Crippen molar-refractivity contribution in [1.29, 1.82) is 0 Å². The second-order valence-corrected chi connectivity index (χ2v) is 9.74. The van der Waals surface area contributed by atoms with Crippen molar-refractivity contribution in [1.82, 2.24) is 10.2 Å². The predicted molar refractivity (Wildman–Crippen MR) is 149 cm³/mol. The van der Waals surface area contributed by atoms with E-state index in [2.05, 4.69) is 5.32 Å². The molecule has 0 aliphatic rings. The van der Waals surface area contributed by atoms with Crippen LogP contribution in [0, 0.1) is 5.82 Å². The highest BCUT2D eigenvalue weighted by Crippen LogP contribution is 2.26. The van der Waals surface area contributed by atoms with Crippen molar-refractivity contribution < 1.29 is 14.0 Å². The first-order valence-corrected chi connectivity index (χ1v) is 13.0. The maximum absolute atomic E-state index is 13.7. The summed E-state index contributed by atoms with van der Waals surface area (Å²) < 4.78 is 13.6. The van der Waals surface area contributed by atoms with E-state index >= 15 is 0 Å². The van der Waals surface area contributed by atoms with Gasteiger partial charge in [0.15, 0.2) is 0 Å². The van der Waals surface area contributed by atoms with Gasteiger partial charge in [-0.05, 0) is 52.9 Å². The Morgan fingerprint density at radius 1 is 0.816 bits per heavy atom. The highest BCUT2D eigenvalue weighted by Gasteiger charge is 2.31. The summed E-state index contributed by atoms with van der Waals surface area (Å²) in [4.78, 5) is 29.0. The zero-order valence-corrected chi connectivity index (χ0v) is 22.1. The Morgan fingerprint density at radius 3 is 2.13 bits per heavy atom. The Labute approximate surface area is 232 Å². The van der Waals surface area contributed by atoms with E-state index in [9.17, 15) is 14.0 Å². The molecule has 2 amide bonds. The third-order valence-electron chi connectivity index (χ3n) is 6.20. The van der Waals surface area contributed by atoms with Crippen LogP contribution >= 0.6 is 23.2 Å². The molecule has 0 aliphatic carbocycles. The van der Waals surface area contributed by atoms with Crippen molar-refractivity contribution >= 4 is 35.0 Å². The number of carbonyl (C=O) groups is 2. The first-order valence-electron chi connectivity index (χ1n) is 12.2. The molecule has 194 valence electrons. The molecule has 4 rings (SSSR count). The van der Waals surface area contributed by atoms with E-state index in [0.29, 0.717) is 33.2 Å². The summed E-state index contributed by atoms with van der Waals surface area (Å²) in [6.45, 7) is 0.309. The molecule has 4 aromatic rings. The monoisotopic (exact) mass is 548 g/mol. The molecule has 0 spiro atoms. The SMILES string of the molecule is O=C(NCc1ccc(Cl)cc1Cl)[C@@H](c1ccccc1)N(Cc1ccc(F)cc1)C(=O)CCc1ccccc1. The molecule has 0 aliphatic heterocycles. The standard InChI is InChI=1S/C31H27Cl2FN2O2/c32-26-15-14-25(28(33)19-26)20-35-31(38)30(24-9-5-2-6-10-24)36(21-23-11-16-27(34)17-12-23)29(37)18-13-22-7-3-1-4-8-22/h1-12,14-17,19,30H,13,18,20-21H2,(H,35,38)/t30-/m1/s1. The summed E-state index contributed by atoms with van der Waals surface area (Å²) in [6, 6.07) is 29.0. The fourth-order valence-electron chi connectivity index (χ4n) is 4.20. The molecule has 0 fully saturated rings. The number of aryl methyl sites for hydroxylation is 1. The molecule has 1 N–H and O–H groups in total. The van der Waals surface area contributed by atoms with E-state index in [1.165, 1.54) is 12.1 Å². The smallest absolute Gasteiger partial charge is 0.247 e. The largest absolute Gasteiger partial charge is 0.350 e. The quantitative estimate of drug-likeness (QED) is 0.228. The number of nitrogens with one attached hydrogen (secondary N) is 1. The average molecular weight is 549 g/mol. The molecular formula is C31H27Cl2FN2O2. The van der Waals surface area contributed by atoms with Crippen LogP contribution in [0.15, 0.2) is 103 Å². The van der Waals surface area contributed by atoms with Gasteiger partial charge in [-0.1, -0.05) is 102 Å². The van der Waals surface area contributed by atoms with E-state index in [1.807, 2.05) is 60.7 Å². The molecule has 0 saturated carbocycles. The summed E-state index contributed by atoms with van der Waals surface area (Å²) in [5.74, 6) is -0.906. The predicted octanol–water partition coefficient (Wildman–Crippen LogP) is 7.15. The van der Waals surface area contributed by atoms with Crippen molar-refractivity contribution in [2.45, 2.75) is 32.0 Å². The van der Waals surface area contributed by atoms with Crippen molar-refractivity contribution in [3.05, 3.63) is 141 Å². The van der Waals surface area contributed by atoms with Crippen molar-refractivity contribution in [2.24, 2.45) is 0 Å². The first-order chi connectivity index (χ1) is 18.4. The lowest BCUT2D eigenvalue weighted by atomic mass is 10.0. The summed E-state index contributed by atoms with van der Waals surface area (Å²) in [7, 11) is 0. The van der Waals surface area contributed by atoms with Gasteiger partial charge in [0.2, 0.25) is 11.8 Å². The minimum absolute atomic E-state index is 0.141. The van der Waals surface area contributed by atoms with E-state index in [-0.39, 0.29) is 37.1 Å². The number of benzene rings is 4. The average Bonchev–Trinajstić information content (AvgIpc) is 2.93. The first kappa shape index (κ1) is 27.4. The zero-order valence-electron chi connectivity index (χ0n) is 20.6. The van der Waals surface area contributed by atoms with Gasteiger partial charge in [-0.15, -0.1) is 0 Å². The van der Waals surface area contributed by atoms with Gasteiger partial charge in [0, 0.05) is 29.6 Å². The zero-order chi connectivity index (χ0) is 26.9. The van der Waals surface area contributed by atoms with Crippen LogP contribution in [-0.4, -0.2) is 16.7 Å². The van der Waals surface area contributed by atoms with Crippen molar-refractivity contribution in [3.63, 3.8) is 0 Å². The molecule has 4 nitrogen and oxygen atoms in total.